The minimum absolute atomic E-state index is 0.130. The summed E-state index contributed by atoms with van der Waals surface area (Å²) in [6, 6.07) is 13.0. The summed E-state index contributed by atoms with van der Waals surface area (Å²) >= 11 is 7.03. The van der Waals surface area contributed by atoms with Crippen LogP contribution in [0.25, 0.3) is 11.5 Å². The molecule has 1 aromatic heterocycles. The van der Waals surface area contributed by atoms with Gasteiger partial charge < -0.3 is 9.73 Å². The van der Waals surface area contributed by atoms with Crippen molar-refractivity contribution >= 4 is 35.0 Å². The second-order valence-corrected chi connectivity index (χ2v) is 6.84. The van der Waals surface area contributed by atoms with E-state index in [0.29, 0.717) is 16.5 Å². The maximum Gasteiger partial charge on any atom is 0.277 e. The van der Waals surface area contributed by atoms with Crippen LogP contribution in [0, 0.1) is 5.82 Å². The highest BCUT2D eigenvalue weighted by atomic mass is 35.5. The SMILES string of the molecule is C[C@@H](Sc1nnc(-c2cccc(Cl)c2)o1)C(=O)Nc1ccccc1F. The molecular formula is C17H13ClFN3O2S. The van der Waals surface area contributed by atoms with Crippen molar-refractivity contribution in [3.8, 4) is 11.5 Å². The summed E-state index contributed by atoms with van der Waals surface area (Å²) < 4.78 is 19.1. The van der Waals surface area contributed by atoms with Crippen molar-refractivity contribution in [3.05, 3.63) is 59.4 Å². The first-order chi connectivity index (χ1) is 12.0. The van der Waals surface area contributed by atoms with Crippen LogP contribution >= 0.6 is 23.4 Å². The number of nitrogens with zero attached hydrogens (tertiary/aromatic N) is 2. The number of anilines is 1. The van der Waals surface area contributed by atoms with Gasteiger partial charge in [0.25, 0.3) is 5.22 Å². The van der Waals surface area contributed by atoms with E-state index in [-0.39, 0.29) is 16.8 Å². The Morgan fingerprint density at radius 1 is 1.24 bits per heavy atom. The molecule has 25 heavy (non-hydrogen) atoms. The molecule has 5 nitrogen and oxygen atoms in total. The monoisotopic (exact) mass is 377 g/mol. The quantitative estimate of drug-likeness (QED) is 0.655. The van der Waals surface area contributed by atoms with Crippen LogP contribution in [0.4, 0.5) is 10.1 Å². The van der Waals surface area contributed by atoms with Crippen molar-refractivity contribution in [2.24, 2.45) is 0 Å². The number of amides is 1. The van der Waals surface area contributed by atoms with E-state index in [1.807, 2.05) is 0 Å². The fraction of sp³-hybridized carbons (Fsp3) is 0.118. The number of hydrogen-bond acceptors (Lipinski definition) is 5. The number of rotatable bonds is 5. The molecule has 128 valence electrons. The Hall–Kier alpha value is -2.38. The van der Waals surface area contributed by atoms with Crippen molar-refractivity contribution < 1.29 is 13.6 Å². The lowest BCUT2D eigenvalue weighted by atomic mass is 10.2. The summed E-state index contributed by atoms with van der Waals surface area (Å²) in [5.41, 5.74) is 0.820. The molecule has 2 aromatic carbocycles. The highest BCUT2D eigenvalue weighted by Gasteiger charge is 2.19. The molecule has 0 saturated heterocycles. The summed E-state index contributed by atoms with van der Waals surface area (Å²) in [4.78, 5) is 12.2. The summed E-state index contributed by atoms with van der Waals surface area (Å²) in [5.74, 6) is -0.543. The molecule has 0 aliphatic carbocycles. The highest BCUT2D eigenvalue weighted by Crippen LogP contribution is 2.28. The molecular weight excluding hydrogens is 365 g/mol. The molecule has 0 saturated carbocycles. The molecule has 8 heteroatoms. The molecule has 0 fully saturated rings. The molecule has 1 atom stereocenters. The zero-order chi connectivity index (χ0) is 17.8. The predicted octanol–water partition coefficient (Wildman–Crippen LogP) is 4.65. The summed E-state index contributed by atoms with van der Waals surface area (Å²) in [6.45, 7) is 1.67. The van der Waals surface area contributed by atoms with Gasteiger partial charge in [0, 0.05) is 10.6 Å². The topological polar surface area (TPSA) is 68.0 Å². The van der Waals surface area contributed by atoms with Gasteiger partial charge in [-0.05, 0) is 37.3 Å². The third-order valence-electron chi connectivity index (χ3n) is 3.26. The third kappa shape index (κ3) is 4.37. The summed E-state index contributed by atoms with van der Waals surface area (Å²) in [6.07, 6.45) is 0. The van der Waals surface area contributed by atoms with Gasteiger partial charge in [0.1, 0.15) is 5.82 Å². The van der Waals surface area contributed by atoms with E-state index >= 15 is 0 Å². The molecule has 0 bridgehead atoms. The second kappa shape index (κ2) is 7.67. The first kappa shape index (κ1) is 17.4. The fourth-order valence-corrected chi connectivity index (χ4v) is 2.87. The van der Waals surface area contributed by atoms with E-state index in [1.165, 1.54) is 12.1 Å². The van der Waals surface area contributed by atoms with E-state index < -0.39 is 11.1 Å². The molecule has 3 rings (SSSR count). The largest absolute Gasteiger partial charge is 0.411 e. The Morgan fingerprint density at radius 2 is 2.04 bits per heavy atom. The number of para-hydroxylation sites is 1. The molecule has 0 radical (unpaired) electrons. The van der Waals surface area contributed by atoms with Gasteiger partial charge in [-0.3, -0.25) is 4.79 Å². The molecule has 0 aliphatic rings. The van der Waals surface area contributed by atoms with Crippen LogP contribution in [0.15, 0.2) is 58.2 Å². The predicted molar refractivity (Wildman–Crippen MR) is 95.1 cm³/mol. The van der Waals surface area contributed by atoms with Gasteiger partial charge in [-0.2, -0.15) is 0 Å². The number of benzene rings is 2. The van der Waals surface area contributed by atoms with Crippen LogP contribution in [-0.4, -0.2) is 21.4 Å². The number of halogens is 2. The number of carbonyl (C=O) groups excluding carboxylic acids is 1. The van der Waals surface area contributed by atoms with Crippen molar-refractivity contribution in [2.45, 2.75) is 17.4 Å². The second-order valence-electron chi connectivity index (χ2n) is 5.11. The van der Waals surface area contributed by atoms with Crippen molar-refractivity contribution in [1.82, 2.24) is 10.2 Å². The van der Waals surface area contributed by atoms with E-state index in [2.05, 4.69) is 15.5 Å². The zero-order valence-electron chi connectivity index (χ0n) is 13.1. The Labute approximate surface area is 152 Å². The van der Waals surface area contributed by atoms with E-state index in [9.17, 15) is 9.18 Å². The summed E-state index contributed by atoms with van der Waals surface area (Å²) in [7, 11) is 0. The number of nitrogens with one attached hydrogen (secondary N) is 1. The van der Waals surface area contributed by atoms with Crippen molar-refractivity contribution in [1.29, 1.82) is 0 Å². The lowest BCUT2D eigenvalue weighted by Gasteiger charge is -2.10. The molecule has 0 unspecified atom stereocenters. The van der Waals surface area contributed by atoms with Crippen molar-refractivity contribution in [3.63, 3.8) is 0 Å². The van der Waals surface area contributed by atoms with E-state index in [1.54, 1.807) is 43.3 Å². The van der Waals surface area contributed by atoms with Crippen LogP contribution < -0.4 is 5.32 Å². The average molecular weight is 378 g/mol. The zero-order valence-corrected chi connectivity index (χ0v) is 14.6. The van der Waals surface area contributed by atoms with Gasteiger partial charge in [-0.25, -0.2) is 4.39 Å². The van der Waals surface area contributed by atoms with Crippen LogP contribution in [0.1, 0.15) is 6.92 Å². The fourth-order valence-electron chi connectivity index (χ4n) is 2.00. The number of thioether (sulfide) groups is 1. The first-order valence-corrected chi connectivity index (χ1v) is 8.60. The number of hydrogen-bond donors (Lipinski definition) is 1. The minimum atomic E-state index is -0.549. The maximum absolute atomic E-state index is 13.6. The van der Waals surface area contributed by atoms with Gasteiger partial charge in [-0.15, -0.1) is 10.2 Å². The van der Waals surface area contributed by atoms with Crippen LogP contribution in [-0.2, 0) is 4.79 Å². The molecule has 1 heterocycles. The Bertz CT molecular complexity index is 903. The van der Waals surface area contributed by atoms with Gasteiger partial charge in [-0.1, -0.05) is 41.6 Å². The minimum Gasteiger partial charge on any atom is -0.411 e. The van der Waals surface area contributed by atoms with E-state index in [4.69, 9.17) is 16.0 Å². The van der Waals surface area contributed by atoms with Gasteiger partial charge >= 0.3 is 0 Å². The van der Waals surface area contributed by atoms with Gasteiger partial charge in [0.05, 0.1) is 10.9 Å². The van der Waals surface area contributed by atoms with E-state index in [0.717, 1.165) is 11.8 Å². The summed E-state index contributed by atoms with van der Waals surface area (Å²) in [5, 5.41) is 10.7. The Morgan fingerprint density at radius 3 is 2.80 bits per heavy atom. The molecule has 0 spiro atoms. The van der Waals surface area contributed by atoms with Crippen LogP contribution in [0.2, 0.25) is 5.02 Å². The number of aromatic nitrogens is 2. The van der Waals surface area contributed by atoms with Gasteiger partial charge in [0.15, 0.2) is 0 Å². The van der Waals surface area contributed by atoms with Crippen molar-refractivity contribution in [2.75, 3.05) is 5.32 Å². The number of carbonyl (C=O) groups is 1. The maximum atomic E-state index is 13.6. The molecule has 1 N–H and O–H groups in total. The van der Waals surface area contributed by atoms with Gasteiger partial charge in [0.2, 0.25) is 11.8 Å². The Balaban J connectivity index is 1.66. The lowest BCUT2D eigenvalue weighted by molar-refractivity contribution is -0.115. The van der Waals surface area contributed by atoms with Crippen LogP contribution in [0.5, 0.6) is 0 Å². The first-order valence-electron chi connectivity index (χ1n) is 7.34. The third-order valence-corrected chi connectivity index (χ3v) is 4.43. The Kier molecular flexibility index (Phi) is 5.35. The smallest absolute Gasteiger partial charge is 0.277 e. The standard InChI is InChI=1S/C17H13ClFN3O2S/c1-10(15(23)20-14-8-3-2-7-13(14)19)25-17-22-21-16(24-17)11-5-4-6-12(18)9-11/h2-10H,1H3,(H,20,23)/t10-/m1/s1. The molecule has 1 amide bonds. The molecule has 3 aromatic rings. The highest BCUT2D eigenvalue weighted by molar-refractivity contribution is 8.00. The lowest BCUT2D eigenvalue weighted by Crippen LogP contribution is -2.22. The van der Waals surface area contributed by atoms with Crippen LogP contribution in [0.3, 0.4) is 0 Å². The normalized spacial score (nSPS) is 12.0. The molecule has 0 aliphatic heterocycles. The average Bonchev–Trinajstić information content (AvgIpc) is 3.05.